The number of hydrogen-bond acceptors (Lipinski definition) is 5. The largest absolute Gasteiger partial charge is 0.489 e. The smallest absolute Gasteiger partial charge is 0.273 e. The number of carbonyl (C=O) groups is 1. The van der Waals surface area contributed by atoms with Gasteiger partial charge in [-0.05, 0) is 48.4 Å². The molecule has 0 aliphatic heterocycles. The maximum atomic E-state index is 12.1. The van der Waals surface area contributed by atoms with Gasteiger partial charge in [-0.1, -0.05) is 36.4 Å². The standard InChI is InChI=1S/C22H19N3O4/c1-16-7-10-19(13-21(16)25(27)28)22(26)24-23-14-17-8-11-20(12-9-17)29-15-18-5-3-2-4-6-18/h2-14H,15H2,1H3,(H,24,26). The molecule has 1 N–H and O–H groups in total. The molecule has 0 heterocycles. The second-order valence-corrected chi connectivity index (χ2v) is 6.30. The summed E-state index contributed by atoms with van der Waals surface area (Å²) in [6.45, 7) is 2.10. The lowest BCUT2D eigenvalue weighted by Gasteiger charge is -2.06. The van der Waals surface area contributed by atoms with Gasteiger partial charge in [-0.25, -0.2) is 5.43 Å². The van der Waals surface area contributed by atoms with Crippen molar-refractivity contribution in [3.8, 4) is 5.75 Å². The molecule has 3 aromatic carbocycles. The van der Waals surface area contributed by atoms with Gasteiger partial charge in [-0.2, -0.15) is 5.10 Å². The minimum Gasteiger partial charge on any atom is -0.489 e. The Balaban J connectivity index is 1.55. The molecule has 0 unspecified atom stereocenters. The first-order chi connectivity index (χ1) is 14.0. The maximum absolute atomic E-state index is 12.1. The number of rotatable bonds is 7. The van der Waals surface area contributed by atoms with Crippen LogP contribution in [-0.4, -0.2) is 17.0 Å². The van der Waals surface area contributed by atoms with Crippen LogP contribution in [0.2, 0.25) is 0 Å². The van der Waals surface area contributed by atoms with E-state index in [9.17, 15) is 14.9 Å². The second-order valence-electron chi connectivity index (χ2n) is 6.30. The van der Waals surface area contributed by atoms with Gasteiger partial charge in [0.2, 0.25) is 0 Å². The first-order valence-electron chi connectivity index (χ1n) is 8.88. The molecule has 0 bridgehead atoms. The Morgan fingerprint density at radius 3 is 2.52 bits per heavy atom. The molecule has 0 spiro atoms. The molecule has 29 heavy (non-hydrogen) atoms. The van der Waals surface area contributed by atoms with Gasteiger partial charge in [0.1, 0.15) is 12.4 Å². The zero-order valence-corrected chi connectivity index (χ0v) is 15.7. The van der Waals surface area contributed by atoms with Crippen molar-refractivity contribution in [3.05, 3.63) is 105 Å². The highest BCUT2D eigenvalue weighted by Gasteiger charge is 2.14. The molecule has 1 amide bonds. The molecule has 7 nitrogen and oxygen atoms in total. The van der Waals surface area contributed by atoms with Gasteiger partial charge >= 0.3 is 0 Å². The summed E-state index contributed by atoms with van der Waals surface area (Å²) < 4.78 is 5.72. The molecule has 146 valence electrons. The third-order valence-electron chi connectivity index (χ3n) is 4.18. The number of carbonyl (C=O) groups excluding carboxylic acids is 1. The van der Waals surface area contributed by atoms with E-state index in [4.69, 9.17) is 4.74 Å². The van der Waals surface area contributed by atoms with Gasteiger partial charge in [0.05, 0.1) is 11.1 Å². The topological polar surface area (TPSA) is 93.8 Å². The van der Waals surface area contributed by atoms with Crippen molar-refractivity contribution < 1.29 is 14.5 Å². The van der Waals surface area contributed by atoms with E-state index < -0.39 is 10.8 Å². The third kappa shape index (κ3) is 5.49. The van der Waals surface area contributed by atoms with Crippen LogP contribution in [0.4, 0.5) is 5.69 Å². The number of aryl methyl sites for hydroxylation is 1. The van der Waals surface area contributed by atoms with Crippen molar-refractivity contribution in [2.75, 3.05) is 0 Å². The van der Waals surface area contributed by atoms with Crippen LogP contribution in [0.1, 0.15) is 27.0 Å². The summed E-state index contributed by atoms with van der Waals surface area (Å²) in [6.07, 6.45) is 1.49. The van der Waals surface area contributed by atoms with Crippen LogP contribution >= 0.6 is 0 Å². The lowest BCUT2D eigenvalue weighted by Crippen LogP contribution is -2.17. The number of hydrazone groups is 1. The highest BCUT2D eigenvalue weighted by Crippen LogP contribution is 2.19. The summed E-state index contributed by atoms with van der Waals surface area (Å²) in [5.41, 5.74) is 4.78. The van der Waals surface area contributed by atoms with Crippen LogP contribution in [0.15, 0.2) is 77.9 Å². The van der Waals surface area contributed by atoms with Crippen LogP contribution in [0, 0.1) is 17.0 Å². The molecule has 0 saturated heterocycles. The molecule has 7 heteroatoms. The number of ether oxygens (including phenoxy) is 1. The molecule has 3 rings (SSSR count). The minimum absolute atomic E-state index is 0.104. The Hall–Kier alpha value is -4.00. The molecule has 0 fully saturated rings. The average molecular weight is 389 g/mol. The Kier molecular flexibility index (Phi) is 6.32. The molecule has 0 radical (unpaired) electrons. The van der Waals surface area contributed by atoms with Crippen LogP contribution < -0.4 is 10.2 Å². The average Bonchev–Trinajstić information content (AvgIpc) is 2.74. The van der Waals surface area contributed by atoms with E-state index in [-0.39, 0.29) is 11.3 Å². The van der Waals surface area contributed by atoms with Crippen molar-refractivity contribution in [3.63, 3.8) is 0 Å². The summed E-state index contributed by atoms with van der Waals surface area (Å²) in [7, 11) is 0. The van der Waals surface area contributed by atoms with Gasteiger partial charge in [-0.15, -0.1) is 0 Å². The number of benzene rings is 3. The van der Waals surface area contributed by atoms with E-state index >= 15 is 0 Å². The van der Waals surface area contributed by atoms with Gasteiger partial charge in [0, 0.05) is 17.2 Å². The first-order valence-corrected chi connectivity index (χ1v) is 8.88. The second kappa shape index (κ2) is 9.27. The predicted octanol–water partition coefficient (Wildman–Crippen LogP) is 4.25. The van der Waals surface area contributed by atoms with Crippen LogP contribution in [0.3, 0.4) is 0 Å². The van der Waals surface area contributed by atoms with Gasteiger partial charge in [0.25, 0.3) is 11.6 Å². The van der Waals surface area contributed by atoms with Crippen molar-refractivity contribution in [1.82, 2.24) is 5.43 Å². The Bertz CT molecular complexity index is 1030. The Morgan fingerprint density at radius 1 is 1.10 bits per heavy atom. The van der Waals surface area contributed by atoms with Gasteiger partial charge in [0.15, 0.2) is 0 Å². The summed E-state index contributed by atoms with van der Waals surface area (Å²) >= 11 is 0. The Labute approximate surface area is 167 Å². The maximum Gasteiger partial charge on any atom is 0.273 e. The van der Waals surface area contributed by atoms with E-state index in [1.165, 1.54) is 24.4 Å². The van der Waals surface area contributed by atoms with Crippen molar-refractivity contribution in [2.45, 2.75) is 13.5 Å². The molecular weight excluding hydrogens is 370 g/mol. The molecule has 0 saturated carbocycles. The van der Waals surface area contributed by atoms with Crippen molar-refractivity contribution in [1.29, 1.82) is 0 Å². The zero-order valence-electron chi connectivity index (χ0n) is 15.7. The van der Waals surface area contributed by atoms with E-state index in [0.717, 1.165) is 16.9 Å². The van der Waals surface area contributed by atoms with E-state index in [1.807, 2.05) is 54.6 Å². The molecule has 0 aromatic heterocycles. The fourth-order valence-electron chi connectivity index (χ4n) is 2.57. The summed E-state index contributed by atoms with van der Waals surface area (Å²) in [4.78, 5) is 22.6. The van der Waals surface area contributed by atoms with Crippen LogP contribution in [0.25, 0.3) is 0 Å². The predicted molar refractivity (Wildman–Crippen MR) is 110 cm³/mol. The van der Waals surface area contributed by atoms with E-state index in [2.05, 4.69) is 10.5 Å². The molecule has 3 aromatic rings. The zero-order chi connectivity index (χ0) is 20.6. The minimum atomic E-state index is -0.521. The third-order valence-corrected chi connectivity index (χ3v) is 4.18. The fraction of sp³-hybridized carbons (Fsp3) is 0.0909. The first kappa shape index (κ1) is 19.8. The van der Waals surface area contributed by atoms with Crippen LogP contribution in [0.5, 0.6) is 5.75 Å². The number of nitrogens with one attached hydrogen (secondary N) is 1. The molecule has 0 aliphatic rings. The van der Waals surface area contributed by atoms with Crippen molar-refractivity contribution in [2.24, 2.45) is 5.10 Å². The molecular formula is C22H19N3O4. The number of nitrogens with zero attached hydrogens (tertiary/aromatic N) is 2. The number of nitro benzene ring substituents is 1. The lowest BCUT2D eigenvalue weighted by molar-refractivity contribution is -0.385. The van der Waals surface area contributed by atoms with E-state index in [0.29, 0.717) is 12.2 Å². The van der Waals surface area contributed by atoms with E-state index in [1.54, 1.807) is 6.92 Å². The van der Waals surface area contributed by atoms with Gasteiger partial charge in [-0.3, -0.25) is 14.9 Å². The molecule has 0 atom stereocenters. The SMILES string of the molecule is Cc1ccc(C(=O)NN=Cc2ccc(OCc3ccccc3)cc2)cc1[N+](=O)[O-]. The normalized spacial score (nSPS) is 10.7. The Morgan fingerprint density at radius 2 is 1.83 bits per heavy atom. The quantitative estimate of drug-likeness (QED) is 0.371. The monoisotopic (exact) mass is 389 g/mol. The summed E-state index contributed by atoms with van der Waals surface area (Å²) in [6, 6.07) is 21.4. The van der Waals surface area contributed by atoms with Crippen LogP contribution in [-0.2, 0) is 6.61 Å². The van der Waals surface area contributed by atoms with Crippen molar-refractivity contribution >= 4 is 17.8 Å². The number of amides is 1. The number of hydrogen-bond donors (Lipinski definition) is 1. The highest BCUT2D eigenvalue weighted by atomic mass is 16.6. The summed E-state index contributed by atoms with van der Waals surface area (Å²) in [5, 5.41) is 14.9. The fourth-order valence-corrected chi connectivity index (χ4v) is 2.57. The lowest BCUT2D eigenvalue weighted by atomic mass is 10.1. The number of nitro groups is 1. The summed E-state index contributed by atoms with van der Waals surface area (Å²) in [5.74, 6) is 0.203. The van der Waals surface area contributed by atoms with Gasteiger partial charge < -0.3 is 4.74 Å². The molecule has 0 aliphatic carbocycles. The highest BCUT2D eigenvalue weighted by molar-refractivity contribution is 5.95.